The molecule has 314 valence electrons. The molecule has 0 bridgehead atoms. The van der Waals surface area contributed by atoms with Crippen molar-refractivity contribution in [3.05, 3.63) is 23.3 Å². The summed E-state index contributed by atoms with van der Waals surface area (Å²) in [5.41, 5.74) is 0.946. The van der Waals surface area contributed by atoms with E-state index in [1.165, 1.54) is 5.57 Å². The van der Waals surface area contributed by atoms with Crippen molar-refractivity contribution in [1.82, 2.24) is 0 Å². The highest BCUT2D eigenvalue weighted by molar-refractivity contribution is 5.88. The minimum absolute atomic E-state index is 0.0323. The van der Waals surface area contributed by atoms with Crippen LogP contribution in [0.1, 0.15) is 99.8 Å². The van der Waals surface area contributed by atoms with E-state index in [9.17, 15) is 45.6 Å². The van der Waals surface area contributed by atoms with Gasteiger partial charge in [-0.3, -0.25) is 4.79 Å². The number of aliphatic hydroxyl groups excluding tert-OH is 8. The van der Waals surface area contributed by atoms with Gasteiger partial charge < -0.3 is 59.8 Å². The Labute approximate surface area is 325 Å². The molecule has 3 saturated carbocycles. The molecular formula is C42H68O13. The molecule has 13 nitrogen and oxygen atoms in total. The summed E-state index contributed by atoms with van der Waals surface area (Å²) in [6.07, 6.45) is -2.48. The highest BCUT2D eigenvalue weighted by Gasteiger charge is 2.70. The molecule has 6 rings (SSSR count). The molecule has 2 saturated heterocycles. The third-order valence-corrected chi connectivity index (χ3v) is 15.9. The van der Waals surface area contributed by atoms with Crippen molar-refractivity contribution in [3.8, 4) is 0 Å². The Morgan fingerprint density at radius 3 is 2.07 bits per heavy atom. The SMILES string of the molecule is C/C(=C\CC[C@@H](C)[C@H]1CC[C@@]2(C)[C@@H]3CC=C4[C@@H](CC[C@H](O[C@@H]5O[C@H](CO)[C@@H](O)[C@H](O)[C@H]5O)C4(C)C)[C@]3(C)C(=O)C[C@]12C)CO[C@@H]1O[C@H](CO)[C@@H](O)[C@H](O)[C@H]1O. The summed E-state index contributed by atoms with van der Waals surface area (Å²) in [5.74, 6) is 1.35. The molecule has 6 aliphatic rings. The average Bonchev–Trinajstić information content (AvgIpc) is 3.41. The molecule has 0 radical (unpaired) electrons. The number of fused-ring (bicyclic) bond motifs is 5. The lowest BCUT2D eigenvalue weighted by Crippen LogP contribution is -2.64. The Bertz CT molecular complexity index is 1450. The van der Waals surface area contributed by atoms with Gasteiger partial charge in [0.05, 0.1) is 25.9 Å². The molecule has 0 unspecified atom stereocenters. The Morgan fingerprint density at radius 1 is 0.855 bits per heavy atom. The second-order valence-electron chi connectivity index (χ2n) is 19.1. The van der Waals surface area contributed by atoms with Crippen molar-refractivity contribution < 1.29 is 64.6 Å². The van der Waals surface area contributed by atoms with Gasteiger partial charge in [-0.15, -0.1) is 0 Å². The summed E-state index contributed by atoms with van der Waals surface area (Å²) < 4.78 is 23.3. The van der Waals surface area contributed by atoms with Crippen LogP contribution >= 0.6 is 0 Å². The number of Topliss-reactive ketones (excluding diaryl/α,β-unsaturated/α-hetero) is 1. The van der Waals surface area contributed by atoms with Crippen molar-refractivity contribution in [1.29, 1.82) is 0 Å². The number of carbonyl (C=O) groups is 1. The zero-order valence-corrected chi connectivity index (χ0v) is 33.7. The van der Waals surface area contributed by atoms with Crippen LogP contribution in [0.5, 0.6) is 0 Å². The molecule has 18 atom stereocenters. The first-order chi connectivity index (χ1) is 25.8. The lowest BCUT2D eigenvalue weighted by Gasteiger charge is -2.65. The number of carbonyl (C=O) groups excluding carboxylic acids is 1. The Hall–Kier alpha value is -1.33. The Balaban J connectivity index is 1.11. The highest BCUT2D eigenvalue weighted by Crippen LogP contribution is 2.74. The number of hydrogen-bond donors (Lipinski definition) is 8. The van der Waals surface area contributed by atoms with Crippen LogP contribution in [0.15, 0.2) is 23.3 Å². The number of aliphatic hydroxyl groups is 8. The second-order valence-corrected chi connectivity index (χ2v) is 19.1. The van der Waals surface area contributed by atoms with E-state index in [4.69, 9.17) is 18.9 Å². The van der Waals surface area contributed by atoms with Gasteiger partial charge in [0, 0.05) is 17.3 Å². The summed E-state index contributed by atoms with van der Waals surface area (Å²) in [5, 5.41) is 81.0. The Kier molecular flexibility index (Phi) is 12.6. The molecule has 2 aliphatic heterocycles. The summed E-state index contributed by atoms with van der Waals surface area (Å²) in [6.45, 7) is 14.6. The van der Waals surface area contributed by atoms with E-state index >= 15 is 0 Å². The summed E-state index contributed by atoms with van der Waals surface area (Å²) in [7, 11) is 0. The maximum Gasteiger partial charge on any atom is 0.187 e. The molecule has 0 aromatic rings. The van der Waals surface area contributed by atoms with Gasteiger partial charge in [-0.1, -0.05) is 64.8 Å². The molecule has 0 amide bonds. The zero-order chi connectivity index (χ0) is 40.4. The molecular weight excluding hydrogens is 712 g/mol. The van der Waals surface area contributed by atoms with Crippen LogP contribution in [0.2, 0.25) is 0 Å². The number of allylic oxidation sites excluding steroid dienone is 2. The smallest absolute Gasteiger partial charge is 0.187 e. The zero-order valence-electron chi connectivity index (χ0n) is 33.7. The Morgan fingerprint density at radius 2 is 1.45 bits per heavy atom. The van der Waals surface area contributed by atoms with Crippen molar-refractivity contribution in [3.63, 3.8) is 0 Å². The lowest BCUT2D eigenvalue weighted by molar-refractivity contribution is -0.319. The minimum atomic E-state index is -1.51. The van der Waals surface area contributed by atoms with Gasteiger partial charge in [-0.05, 0) is 86.4 Å². The summed E-state index contributed by atoms with van der Waals surface area (Å²) in [4.78, 5) is 14.8. The van der Waals surface area contributed by atoms with Gasteiger partial charge >= 0.3 is 0 Å². The molecule has 0 aromatic carbocycles. The standard InChI is InChI=1S/C42H68O13/c1-21(20-52-37-35(50)33(48)31(46)26(18-43)53-37)9-8-10-22(2)23-15-16-40(5)28-13-11-24-25(42(28,7)29(45)17-41(23,40)6)12-14-30(39(24,3)4)55-38-36(51)34(49)32(47)27(19-44)54-38/h9,11,22-23,25-28,30-38,43-44,46-51H,8,10,12-20H2,1-7H3/b21-9+/t22-,23-,25-,26-,27-,28+,30+,31-,32-,33+,34+,35-,36-,37-,38+,40+,41-,42+/m1/s1. The largest absolute Gasteiger partial charge is 0.394 e. The van der Waals surface area contributed by atoms with Crippen molar-refractivity contribution in [2.24, 2.45) is 45.3 Å². The van der Waals surface area contributed by atoms with Crippen LogP contribution in [-0.4, -0.2) is 134 Å². The molecule has 0 spiro atoms. The molecule has 2 heterocycles. The maximum atomic E-state index is 14.8. The monoisotopic (exact) mass is 780 g/mol. The van der Waals surface area contributed by atoms with Gasteiger partial charge in [0.2, 0.25) is 0 Å². The van der Waals surface area contributed by atoms with Gasteiger partial charge in [-0.25, -0.2) is 0 Å². The fourth-order valence-electron chi connectivity index (χ4n) is 12.2. The molecule has 5 fully saturated rings. The predicted octanol–water partition coefficient (Wildman–Crippen LogP) is 2.13. The van der Waals surface area contributed by atoms with E-state index in [1.54, 1.807) is 0 Å². The highest BCUT2D eigenvalue weighted by atomic mass is 16.7. The topological polar surface area (TPSA) is 216 Å². The van der Waals surface area contributed by atoms with Crippen LogP contribution in [0, 0.1) is 45.3 Å². The molecule has 13 heteroatoms. The van der Waals surface area contributed by atoms with Crippen LogP contribution in [0.4, 0.5) is 0 Å². The van der Waals surface area contributed by atoms with Gasteiger partial charge in [0.1, 0.15) is 54.6 Å². The van der Waals surface area contributed by atoms with E-state index in [0.29, 0.717) is 30.5 Å². The van der Waals surface area contributed by atoms with Crippen molar-refractivity contribution in [2.45, 2.75) is 167 Å². The second kappa shape index (κ2) is 16.0. The molecule has 0 aromatic heterocycles. The lowest BCUT2D eigenvalue weighted by atomic mass is 9.38. The average molecular weight is 781 g/mol. The third kappa shape index (κ3) is 7.13. The van der Waals surface area contributed by atoms with E-state index in [2.05, 4.69) is 53.7 Å². The van der Waals surface area contributed by atoms with Crippen LogP contribution in [-0.2, 0) is 23.7 Å². The first-order valence-electron chi connectivity index (χ1n) is 20.5. The fraction of sp³-hybridized carbons (Fsp3) is 0.881. The third-order valence-electron chi connectivity index (χ3n) is 15.9. The van der Waals surface area contributed by atoms with E-state index < -0.39 is 85.5 Å². The van der Waals surface area contributed by atoms with Gasteiger partial charge in [0.15, 0.2) is 12.6 Å². The van der Waals surface area contributed by atoms with Crippen LogP contribution in [0.25, 0.3) is 0 Å². The van der Waals surface area contributed by atoms with Gasteiger partial charge in [0.25, 0.3) is 0 Å². The molecule has 4 aliphatic carbocycles. The quantitative estimate of drug-likeness (QED) is 0.141. The number of ether oxygens (including phenoxy) is 4. The fourth-order valence-corrected chi connectivity index (χ4v) is 12.2. The minimum Gasteiger partial charge on any atom is -0.394 e. The number of rotatable bonds is 11. The first kappa shape index (κ1) is 43.3. The van der Waals surface area contributed by atoms with E-state index in [-0.39, 0.29) is 35.4 Å². The first-order valence-corrected chi connectivity index (χ1v) is 20.5. The summed E-state index contributed by atoms with van der Waals surface area (Å²) >= 11 is 0. The van der Waals surface area contributed by atoms with Crippen molar-refractivity contribution in [2.75, 3.05) is 19.8 Å². The normalized spacial score (nSPS) is 49.1. The molecule has 55 heavy (non-hydrogen) atoms. The summed E-state index contributed by atoms with van der Waals surface area (Å²) in [6, 6.07) is 0. The van der Waals surface area contributed by atoms with Crippen molar-refractivity contribution >= 4 is 5.78 Å². The van der Waals surface area contributed by atoms with Crippen LogP contribution in [0.3, 0.4) is 0 Å². The maximum absolute atomic E-state index is 14.8. The number of ketones is 1. The van der Waals surface area contributed by atoms with Crippen LogP contribution < -0.4 is 0 Å². The van der Waals surface area contributed by atoms with E-state index in [0.717, 1.165) is 44.1 Å². The number of hydrogen-bond acceptors (Lipinski definition) is 13. The molecule has 8 N–H and O–H groups in total. The van der Waals surface area contributed by atoms with Gasteiger partial charge in [-0.2, -0.15) is 0 Å². The predicted molar refractivity (Wildman–Crippen MR) is 200 cm³/mol. The van der Waals surface area contributed by atoms with E-state index in [1.807, 2.05) is 6.92 Å².